The Bertz CT molecular complexity index is 961. The van der Waals surface area contributed by atoms with Crippen molar-refractivity contribution in [2.24, 2.45) is 0 Å². The summed E-state index contributed by atoms with van der Waals surface area (Å²) in [5, 5.41) is 17.5. The van der Waals surface area contributed by atoms with Crippen LogP contribution in [0.4, 0.5) is 26.8 Å². The molecule has 142 valence electrons. The normalized spacial score (nSPS) is 14.5. The first-order valence-electron chi connectivity index (χ1n) is 8.91. The average molecular weight is 395 g/mol. The molecule has 0 unspecified atom stereocenters. The summed E-state index contributed by atoms with van der Waals surface area (Å²) in [6.07, 6.45) is 6.54. The maximum Gasteiger partial charge on any atom is 0.188 e. The average Bonchev–Trinajstić information content (AvgIpc) is 3.25. The summed E-state index contributed by atoms with van der Waals surface area (Å²) < 4.78 is 14.8. The van der Waals surface area contributed by atoms with Crippen molar-refractivity contribution in [3.63, 3.8) is 0 Å². The number of nitriles is 1. The molecule has 4 heterocycles. The molecular weight excluding hydrogens is 377 g/mol. The van der Waals surface area contributed by atoms with Crippen LogP contribution in [0, 0.1) is 17.1 Å². The van der Waals surface area contributed by atoms with Gasteiger partial charge in [0.05, 0.1) is 11.3 Å². The molecule has 1 aliphatic heterocycles. The van der Waals surface area contributed by atoms with E-state index in [2.05, 4.69) is 36.6 Å². The van der Waals surface area contributed by atoms with Gasteiger partial charge < -0.3 is 15.5 Å². The van der Waals surface area contributed by atoms with Crippen LogP contribution >= 0.6 is 11.3 Å². The van der Waals surface area contributed by atoms with E-state index in [9.17, 15) is 4.39 Å². The van der Waals surface area contributed by atoms with Gasteiger partial charge >= 0.3 is 0 Å². The zero-order chi connectivity index (χ0) is 19.3. The molecule has 2 N–H and O–H groups in total. The largest absolute Gasteiger partial charge is 0.380 e. The molecule has 1 aliphatic rings. The molecule has 0 radical (unpaired) electrons. The van der Waals surface area contributed by atoms with Crippen LogP contribution < -0.4 is 15.5 Å². The molecule has 3 aromatic heterocycles. The number of aromatic nitrogens is 3. The van der Waals surface area contributed by atoms with Crippen LogP contribution in [0.2, 0.25) is 0 Å². The number of hydrogen-bond acceptors (Lipinski definition) is 8. The Morgan fingerprint density at radius 3 is 2.68 bits per heavy atom. The lowest BCUT2D eigenvalue weighted by Gasteiger charge is -2.33. The summed E-state index contributed by atoms with van der Waals surface area (Å²) in [5.41, 5.74) is 0.986. The van der Waals surface area contributed by atoms with Gasteiger partial charge in [-0.1, -0.05) is 0 Å². The second kappa shape index (κ2) is 8.19. The number of hydrogen-bond donors (Lipinski definition) is 2. The van der Waals surface area contributed by atoms with Gasteiger partial charge in [0.25, 0.3) is 0 Å². The van der Waals surface area contributed by atoms with Crippen LogP contribution in [0.3, 0.4) is 0 Å². The van der Waals surface area contributed by atoms with E-state index in [0.29, 0.717) is 16.4 Å². The summed E-state index contributed by atoms with van der Waals surface area (Å²) >= 11 is 1.39. The Hall–Kier alpha value is -3.25. The van der Waals surface area contributed by atoms with Crippen molar-refractivity contribution in [3.8, 4) is 6.07 Å². The third kappa shape index (κ3) is 4.02. The van der Waals surface area contributed by atoms with Crippen molar-refractivity contribution in [2.45, 2.75) is 18.9 Å². The predicted molar refractivity (Wildman–Crippen MR) is 107 cm³/mol. The lowest BCUT2D eigenvalue weighted by Crippen LogP contribution is -2.39. The molecule has 0 aliphatic carbocycles. The summed E-state index contributed by atoms with van der Waals surface area (Å²) in [5.74, 6) is 0.621. The van der Waals surface area contributed by atoms with Gasteiger partial charge in [0.1, 0.15) is 11.9 Å². The molecule has 0 aromatic carbocycles. The van der Waals surface area contributed by atoms with Gasteiger partial charge in [-0.15, -0.1) is 11.3 Å². The zero-order valence-electron chi connectivity index (χ0n) is 15.0. The minimum atomic E-state index is -0.408. The van der Waals surface area contributed by atoms with Gasteiger partial charge in [0.15, 0.2) is 16.8 Å². The molecule has 0 atom stereocenters. The Morgan fingerprint density at radius 1 is 1.14 bits per heavy atom. The van der Waals surface area contributed by atoms with Crippen molar-refractivity contribution in [1.82, 2.24) is 15.0 Å². The summed E-state index contributed by atoms with van der Waals surface area (Å²) in [7, 11) is 0. The minimum absolute atomic E-state index is 0.166. The smallest absolute Gasteiger partial charge is 0.188 e. The fourth-order valence-electron chi connectivity index (χ4n) is 3.14. The lowest BCUT2D eigenvalue weighted by atomic mass is 10.0. The molecule has 28 heavy (non-hydrogen) atoms. The Kier molecular flexibility index (Phi) is 5.30. The number of rotatable bonds is 5. The van der Waals surface area contributed by atoms with Crippen molar-refractivity contribution in [2.75, 3.05) is 28.6 Å². The highest BCUT2D eigenvalue weighted by Gasteiger charge is 2.21. The second-order valence-corrected chi connectivity index (χ2v) is 7.30. The molecule has 1 fully saturated rings. The van der Waals surface area contributed by atoms with E-state index in [-0.39, 0.29) is 11.9 Å². The van der Waals surface area contributed by atoms with Gasteiger partial charge in [-0.3, -0.25) is 0 Å². The van der Waals surface area contributed by atoms with E-state index < -0.39 is 5.82 Å². The molecule has 1 saturated heterocycles. The summed E-state index contributed by atoms with van der Waals surface area (Å²) in [4.78, 5) is 14.7. The van der Waals surface area contributed by atoms with E-state index >= 15 is 0 Å². The number of pyridine rings is 2. The van der Waals surface area contributed by atoms with Gasteiger partial charge in [-0.25, -0.2) is 19.3 Å². The van der Waals surface area contributed by atoms with Crippen molar-refractivity contribution >= 4 is 33.8 Å². The highest BCUT2D eigenvalue weighted by atomic mass is 32.1. The highest BCUT2D eigenvalue weighted by molar-refractivity contribution is 7.13. The third-order valence-electron chi connectivity index (χ3n) is 4.60. The van der Waals surface area contributed by atoms with Gasteiger partial charge in [0.2, 0.25) is 0 Å². The van der Waals surface area contributed by atoms with E-state index in [4.69, 9.17) is 5.26 Å². The fraction of sp³-hybridized carbons (Fsp3) is 0.263. The number of nitrogens with zero attached hydrogens (tertiary/aromatic N) is 5. The maximum atomic E-state index is 14.8. The summed E-state index contributed by atoms with van der Waals surface area (Å²) in [6, 6.07) is 7.53. The van der Waals surface area contributed by atoms with Gasteiger partial charge in [-0.2, -0.15) is 5.26 Å². The van der Waals surface area contributed by atoms with Crippen LogP contribution in [-0.4, -0.2) is 34.1 Å². The minimum Gasteiger partial charge on any atom is -0.380 e. The SMILES string of the molecule is N#Cc1ccc(N2CCC(Nc3ccnc(Nc4nccs4)c3F)CC2)nc1. The fourth-order valence-corrected chi connectivity index (χ4v) is 3.67. The molecular formula is C19H18FN7S. The Morgan fingerprint density at radius 2 is 2.00 bits per heavy atom. The summed E-state index contributed by atoms with van der Waals surface area (Å²) in [6.45, 7) is 1.63. The molecule has 0 spiro atoms. The molecule has 4 rings (SSSR count). The van der Waals surface area contributed by atoms with Crippen molar-refractivity contribution < 1.29 is 4.39 Å². The van der Waals surface area contributed by atoms with Crippen molar-refractivity contribution in [3.05, 3.63) is 53.6 Å². The molecule has 7 nitrogen and oxygen atoms in total. The van der Waals surface area contributed by atoms with Crippen LogP contribution in [-0.2, 0) is 0 Å². The number of nitrogens with one attached hydrogen (secondary N) is 2. The monoisotopic (exact) mass is 395 g/mol. The standard InChI is InChI=1S/C19H18FN7S/c20-17-15(3-6-22-18(17)26-19-23-7-10-28-19)25-14-4-8-27(9-5-14)16-2-1-13(11-21)12-24-16/h1-3,6-7,10,12,14H,4-5,8-9H2,(H2,22,23,25,26). The van der Waals surface area contributed by atoms with E-state index in [1.807, 2.05) is 11.4 Å². The molecule has 0 amide bonds. The third-order valence-corrected chi connectivity index (χ3v) is 5.29. The first-order chi connectivity index (χ1) is 13.7. The van der Waals surface area contributed by atoms with Crippen LogP contribution in [0.1, 0.15) is 18.4 Å². The van der Waals surface area contributed by atoms with Crippen molar-refractivity contribution in [1.29, 1.82) is 5.26 Å². The van der Waals surface area contributed by atoms with Gasteiger partial charge in [-0.05, 0) is 31.0 Å². The Balaban J connectivity index is 1.37. The van der Waals surface area contributed by atoms with Crippen LogP contribution in [0.15, 0.2) is 42.2 Å². The zero-order valence-corrected chi connectivity index (χ0v) is 15.8. The van der Waals surface area contributed by atoms with E-state index in [0.717, 1.165) is 31.7 Å². The molecule has 3 aromatic rings. The molecule has 9 heteroatoms. The number of halogens is 1. The number of anilines is 4. The highest BCUT2D eigenvalue weighted by Crippen LogP contribution is 2.27. The first kappa shape index (κ1) is 18.1. The second-order valence-electron chi connectivity index (χ2n) is 6.41. The lowest BCUT2D eigenvalue weighted by molar-refractivity contribution is 0.519. The maximum absolute atomic E-state index is 14.8. The van der Waals surface area contributed by atoms with E-state index in [1.165, 1.54) is 11.3 Å². The molecule has 0 bridgehead atoms. The Labute approximate surface area is 165 Å². The van der Waals surface area contributed by atoms with E-state index in [1.54, 1.807) is 30.7 Å². The molecule has 0 saturated carbocycles. The van der Waals surface area contributed by atoms with Crippen LogP contribution in [0.5, 0.6) is 0 Å². The first-order valence-corrected chi connectivity index (χ1v) is 9.79. The number of piperidine rings is 1. The topological polar surface area (TPSA) is 89.8 Å². The predicted octanol–water partition coefficient (Wildman–Crippen LogP) is 3.77. The quantitative estimate of drug-likeness (QED) is 0.680. The van der Waals surface area contributed by atoms with Gasteiger partial charge in [0, 0.05) is 43.1 Å². The number of thiazole rings is 1. The van der Waals surface area contributed by atoms with Crippen LogP contribution in [0.25, 0.3) is 0 Å².